The van der Waals surface area contributed by atoms with Crippen LogP contribution in [0.1, 0.15) is 51.5 Å². The van der Waals surface area contributed by atoms with Crippen LogP contribution in [0.25, 0.3) is 22.4 Å². The summed E-state index contributed by atoms with van der Waals surface area (Å²) >= 11 is 0. The summed E-state index contributed by atoms with van der Waals surface area (Å²) in [6, 6.07) is 13.9. The molecular weight excluding hydrogens is 586 g/mol. The molecule has 240 valence electrons. The van der Waals surface area contributed by atoms with Crippen LogP contribution >= 0.6 is 0 Å². The summed E-state index contributed by atoms with van der Waals surface area (Å²) in [5.41, 5.74) is 7.07. The molecule has 1 amide bonds. The lowest BCUT2D eigenvalue weighted by atomic mass is 9.91. The molecule has 11 nitrogen and oxygen atoms in total. The van der Waals surface area contributed by atoms with E-state index in [4.69, 9.17) is 14.5 Å². The molecule has 1 fully saturated rings. The van der Waals surface area contributed by atoms with Crippen molar-refractivity contribution in [2.24, 2.45) is 14.1 Å². The Morgan fingerprint density at radius 1 is 1.04 bits per heavy atom. The molecule has 46 heavy (non-hydrogen) atoms. The highest BCUT2D eigenvalue weighted by Gasteiger charge is 2.33. The molecule has 3 N–H and O–H groups in total. The molecule has 0 unspecified atom stereocenters. The number of benzene rings is 2. The Kier molecular flexibility index (Phi) is 8.65. The van der Waals surface area contributed by atoms with Crippen LogP contribution in [0.5, 0.6) is 5.88 Å². The van der Waals surface area contributed by atoms with Crippen LogP contribution < -0.4 is 26.6 Å². The highest BCUT2D eigenvalue weighted by atomic mass is 16.5. The van der Waals surface area contributed by atoms with Crippen molar-refractivity contribution in [1.82, 2.24) is 19.4 Å². The minimum Gasteiger partial charge on any atom is -0.481 e. The molecular formula is C35H39N5O6. The summed E-state index contributed by atoms with van der Waals surface area (Å²) in [5, 5.41) is 16.9. The van der Waals surface area contributed by atoms with Gasteiger partial charge < -0.3 is 29.8 Å². The second-order valence-electron chi connectivity index (χ2n) is 12.1. The number of anilines is 1. The summed E-state index contributed by atoms with van der Waals surface area (Å²) in [6.45, 7) is 4.95. The maximum absolute atomic E-state index is 13.2. The molecule has 2 aromatic heterocycles. The number of nitrogens with zero attached hydrogens (tertiary/aromatic N) is 3. The van der Waals surface area contributed by atoms with Gasteiger partial charge in [0.25, 0.3) is 11.5 Å². The number of aliphatic hydroxyl groups excluding tert-OH is 1. The van der Waals surface area contributed by atoms with Crippen molar-refractivity contribution in [2.75, 3.05) is 25.6 Å². The molecule has 1 aliphatic heterocycles. The van der Waals surface area contributed by atoms with Gasteiger partial charge in [-0.3, -0.25) is 14.2 Å². The van der Waals surface area contributed by atoms with Crippen molar-refractivity contribution < 1.29 is 19.4 Å². The van der Waals surface area contributed by atoms with Gasteiger partial charge in [0.1, 0.15) is 5.56 Å². The van der Waals surface area contributed by atoms with Crippen LogP contribution in [0.15, 0.2) is 58.3 Å². The lowest BCUT2D eigenvalue weighted by Gasteiger charge is -2.31. The number of aromatic nitrogens is 3. The van der Waals surface area contributed by atoms with Crippen molar-refractivity contribution in [3.63, 3.8) is 0 Å². The van der Waals surface area contributed by atoms with Gasteiger partial charge in [-0.15, -0.1) is 0 Å². The van der Waals surface area contributed by atoms with Gasteiger partial charge in [-0.2, -0.15) is 0 Å². The number of amides is 1. The van der Waals surface area contributed by atoms with Crippen molar-refractivity contribution in [3.05, 3.63) is 97.3 Å². The number of carbonyl (C=O) groups excluding carboxylic acids is 1. The first-order valence-electron chi connectivity index (χ1n) is 15.5. The third-order valence-corrected chi connectivity index (χ3v) is 9.27. The molecule has 11 heteroatoms. The molecule has 0 spiro atoms. The van der Waals surface area contributed by atoms with E-state index in [1.54, 1.807) is 13.2 Å². The monoisotopic (exact) mass is 625 g/mol. The zero-order chi connectivity index (χ0) is 32.7. The fourth-order valence-electron chi connectivity index (χ4n) is 6.66. The molecule has 1 saturated heterocycles. The molecule has 6 rings (SSSR count). The van der Waals surface area contributed by atoms with Gasteiger partial charge in [-0.05, 0) is 73.1 Å². The van der Waals surface area contributed by atoms with Gasteiger partial charge in [-0.25, -0.2) is 9.78 Å². The Morgan fingerprint density at radius 3 is 2.50 bits per heavy atom. The predicted molar refractivity (Wildman–Crippen MR) is 175 cm³/mol. The van der Waals surface area contributed by atoms with Crippen molar-refractivity contribution in [1.29, 1.82) is 0 Å². The number of hydrogen-bond acceptors (Lipinski definition) is 8. The average molecular weight is 626 g/mol. The summed E-state index contributed by atoms with van der Waals surface area (Å²) in [7, 11) is 4.49. The maximum atomic E-state index is 13.2. The van der Waals surface area contributed by atoms with Gasteiger partial charge >= 0.3 is 5.69 Å². The SMILES string of the molecule is COc1nc(-c2cccc(-c3cccc(NC(=O)c4cn(C)c(=O)n(C)c4=O)c3C)c2C)cc2c1[C@H](N[C@@H]1CCOC[C@H]1O)CC2. The number of pyridine rings is 1. The van der Waals surface area contributed by atoms with Gasteiger partial charge in [0.05, 0.1) is 25.5 Å². The molecule has 4 aromatic rings. The number of fused-ring (bicyclic) bond motifs is 1. The van der Waals surface area contributed by atoms with Crippen LogP contribution in [0.2, 0.25) is 0 Å². The molecule has 0 radical (unpaired) electrons. The van der Waals surface area contributed by atoms with E-state index in [1.165, 1.54) is 30.4 Å². The first kappa shape index (κ1) is 31.4. The van der Waals surface area contributed by atoms with Crippen LogP contribution in [-0.4, -0.2) is 57.6 Å². The molecule has 3 heterocycles. The number of ether oxygens (including phenoxy) is 2. The van der Waals surface area contributed by atoms with E-state index in [1.807, 2.05) is 37.3 Å². The third-order valence-electron chi connectivity index (χ3n) is 9.27. The molecule has 0 bridgehead atoms. The highest BCUT2D eigenvalue weighted by molar-refractivity contribution is 6.04. The van der Waals surface area contributed by atoms with Gasteiger partial charge in [0.2, 0.25) is 5.88 Å². The summed E-state index contributed by atoms with van der Waals surface area (Å²) in [6.07, 6.45) is 3.23. The number of carbonyl (C=O) groups is 1. The quantitative estimate of drug-likeness (QED) is 0.284. The Bertz CT molecular complexity index is 1950. The highest BCUT2D eigenvalue weighted by Crippen LogP contribution is 2.41. The van der Waals surface area contributed by atoms with Crippen molar-refractivity contribution in [3.8, 4) is 28.3 Å². The third kappa shape index (κ3) is 5.66. The largest absolute Gasteiger partial charge is 0.481 e. The molecule has 1 aliphatic carbocycles. The van der Waals surface area contributed by atoms with Crippen molar-refractivity contribution in [2.45, 2.75) is 51.3 Å². The number of nitrogens with one attached hydrogen (secondary N) is 2. The smallest absolute Gasteiger partial charge is 0.330 e. The standard InChI is InChI=1S/C35H39N5O6/c1-19-22(23-9-7-11-26(20(23)2)37-32(42)25-17-39(3)35(44)40(4)34(25)43)8-6-10-24(19)29-16-21-12-13-28(31(21)33(38-29)45-5)36-27-14-15-46-18-30(27)41/h6-11,16-17,27-28,30,36,41H,12-15,18H2,1-5H3,(H,37,42)/t27-,28-,30-/m1/s1. The first-order valence-corrected chi connectivity index (χ1v) is 15.5. The summed E-state index contributed by atoms with van der Waals surface area (Å²) in [5.74, 6) is -0.00483. The fourth-order valence-corrected chi connectivity index (χ4v) is 6.66. The number of hydrogen-bond donors (Lipinski definition) is 3. The first-order chi connectivity index (χ1) is 22.1. The van der Waals surface area contributed by atoms with E-state index in [2.05, 4.69) is 23.6 Å². The predicted octanol–water partition coefficient (Wildman–Crippen LogP) is 3.42. The maximum Gasteiger partial charge on any atom is 0.330 e. The lowest BCUT2D eigenvalue weighted by Crippen LogP contribution is -2.47. The van der Waals surface area contributed by atoms with E-state index in [0.29, 0.717) is 24.8 Å². The van der Waals surface area contributed by atoms with E-state index in [-0.39, 0.29) is 17.6 Å². The Balaban J connectivity index is 1.31. The van der Waals surface area contributed by atoms with E-state index < -0.39 is 23.3 Å². The average Bonchev–Trinajstić information content (AvgIpc) is 3.46. The molecule has 3 atom stereocenters. The Labute approximate surface area is 266 Å². The molecule has 2 aromatic carbocycles. The topological polar surface area (TPSA) is 137 Å². The molecule has 2 aliphatic rings. The van der Waals surface area contributed by atoms with Crippen LogP contribution in [0.4, 0.5) is 5.69 Å². The zero-order valence-corrected chi connectivity index (χ0v) is 26.7. The lowest BCUT2D eigenvalue weighted by molar-refractivity contribution is -0.0304. The molecule has 0 saturated carbocycles. The number of rotatable bonds is 7. The number of aryl methyl sites for hydroxylation is 2. The summed E-state index contributed by atoms with van der Waals surface area (Å²) < 4.78 is 13.4. The second kappa shape index (κ2) is 12.7. The summed E-state index contributed by atoms with van der Waals surface area (Å²) in [4.78, 5) is 42.9. The zero-order valence-electron chi connectivity index (χ0n) is 26.7. The van der Waals surface area contributed by atoms with Gasteiger partial charge in [-0.1, -0.05) is 30.3 Å². The normalized spacial score (nSPS) is 19.1. The van der Waals surface area contributed by atoms with E-state index >= 15 is 0 Å². The van der Waals surface area contributed by atoms with E-state index in [9.17, 15) is 19.5 Å². The van der Waals surface area contributed by atoms with Gasteiger partial charge in [0, 0.05) is 55.8 Å². The number of aliphatic hydroxyl groups is 1. The van der Waals surface area contributed by atoms with Crippen LogP contribution in [0, 0.1) is 13.8 Å². The van der Waals surface area contributed by atoms with E-state index in [0.717, 1.165) is 62.9 Å². The van der Waals surface area contributed by atoms with Gasteiger partial charge in [0.15, 0.2) is 0 Å². The Morgan fingerprint density at radius 2 is 1.76 bits per heavy atom. The van der Waals surface area contributed by atoms with Crippen molar-refractivity contribution >= 4 is 11.6 Å². The second-order valence-corrected chi connectivity index (χ2v) is 12.1. The number of methoxy groups -OCH3 is 1. The van der Waals surface area contributed by atoms with Crippen LogP contribution in [0.3, 0.4) is 0 Å². The minimum atomic E-state index is -0.654. The minimum absolute atomic E-state index is 0.0384. The van der Waals surface area contributed by atoms with Crippen LogP contribution in [-0.2, 0) is 25.3 Å². The fraction of sp³-hybridized carbons (Fsp3) is 0.371. The Hall–Kier alpha value is -4.58.